The number of nitro benzene ring substituents is 1. The van der Waals surface area contributed by atoms with Crippen LogP contribution in [0.5, 0.6) is 5.75 Å². The fraction of sp³-hybridized carbons (Fsp3) is 0.188. The molecule has 0 fully saturated rings. The number of benzene rings is 2. The average Bonchev–Trinajstić information content (AvgIpc) is 2.59. The zero-order valence-corrected chi connectivity index (χ0v) is 12.8. The molecule has 0 aliphatic carbocycles. The Kier molecular flexibility index (Phi) is 5.96. The van der Waals surface area contributed by atoms with Crippen molar-refractivity contribution in [3.63, 3.8) is 0 Å². The third-order valence-electron chi connectivity index (χ3n) is 3.29. The molecule has 0 saturated carbocycles. The summed E-state index contributed by atoms with van der Waals surface area (Å²) in [5, 5.41) is 23.1. The monoisotopic (exact) mass is 352 g/mol. The molecule has 132 valence electrons. The molecule has 0 heterocycles. The van der Waals surface area contributed by atoms with Gasteiger partial charge in [0.2, 0.25) is 0 Å². The molecule has 2 rings (SSSR count). The maximum Gasteiger partial charge on any atom is 0.387 e. The lowest BCUT2D eigenvalue weighted by atomic mass is 10.1. The van der Waals surface area contributed by atoms with Crippen LogP contribution in [-0.2, 0) is 0 Å². The van der Waals surface area contributed by atoms with Crippen LogP contribution in [0.4, 0.5) is 14.5 Å². The maximum absolute atomic E-state index is 12.1. The van der Waals surface area contributed by atoms with Gasteiger partial charge in [0.1, 0.15) is 5.75 Å². The van der Waals surface area contributed by atoms with Gasteiger partial charge in [0.05, 0.1) is 11.0 Å². The molecule has 1 atom stereocenters. The van der Waals surface area contributed by atoms with Crippen LogP contribution in [0.15, 0.2) is 48.5 Å². The minimum Gasteiger partial charge on any atom is -0.435 e. The van der Waals surface area contributed by atoms with Gasteiger partial charge < -0.3 is 15.2 Å². The van der Waals surface area contributed by atoms with Crippen molar-refractivity contribution < 1.29 is 28.3 Å². The summed E-state index contributed by atoms with van der Waals surface area (Å²) in [4.78, 5) is 22.0. The average molecular weight is 352 g/mol. The molecule has 1 amide bonds. The van der Waals surface area contributed by atoms with Gasteiger partial charge in [-0.1, -0.05) is 0 Å². The van der Waals surface area contributed by atoms with Crippen molar-refractivity contribution in [2.45, 2.75) is 12.7 Å². The number of carbonyl (C=O) groups is 1. The number of amides is 1. The first-order valence-electron chi connectivity index (χ1n) is 7.12. The van der Waals surface area contributed by atoms with Crippen LogP contribution in [0.25, 0.3) is 0 Å². The Bertz CT molecular complexity index is 735. The second-order valence-corrected chi connectivity index (χ2v) is 4.98. The maximum atomic E-state index is 12.1. The van der Waals surface area contributed by atoms with Crippen LogP contribution in [0, 0.1) is 10.1 Å². The Balaban J connectivity index is 1.91. The lowest BCUT2D eigenvalue weighted by Crippen LogP contribution is -2.28. The highest BCUT2D eigenvalue weighted by Gasteiger charge is 2.13. The van der Waals surface area contributed by atoms with E-state index in [0.717, 1.165) is 0 Å². The molecular formula is C16H14F2N2O5. The van der Waals surface area contributed by atoms with E-state index in [1.807, 2.05) is 0 Å². The number of nitro groups is 1. The van der Waals surface area contributed by atoms with Gasteiger partial charge in [-0.2, -0.15) is 8.78 Å². The van der Waals surface area contributed by atoms with E-state index in [2.05, 4.69) is 10.1 Å². The van der Waals surface area contributed by atoms with Gasteiger partial charge >= 0.3 is 6.61 Å². The van der Waals surface area contributed by atoms with Crippen LogP contribution < -0.4 is 10.1 Å². The summed E-state index contributed by atoms with van der Waals surface area (Å²) >= 11 is 0. The number of ether oxygens (including phenoxy) is 1. The topological polar surface area (TPSA) is 102 Å². The van der Waals surface area contributed by atoms with Crippen molar-refractivity contribution in [1.29, 1.82) is 0 Å². The van der Waals surface area contributed by atoms with Gasteiger partial charge in [0.15, 0.2) is 0 Å². The molecule has 0 aliphatic heterocycles. The van der Waals surface area contributed by atoms with Crippen molar-refractivity contribution >= 4 is 11.6 Å². The SMILES string of the molecule is O=C(NC[C@@H](O)c1ccc([N+](=O)[O-])cc1)c1ccc(OC(F)F)cc1. The highest BCUT2D eigenvalue weighted by Crippen LogP contribution is 2.18. The second-order valence-electron chi connectivity index (χ2n) is 4.98. The quantitative estimate of drug-likeness (QED) is 0.589. The molecule has 0 radical (unpaired) electrons. The lowest BCUT2D eigenvalue weighted by Gasteiger charge is -2.12. The fourth-order valence-corrected chi connectivity index (χ4v) is 2.02. The molecular weight excluding hydrogens is 338 g/mol. The van der Waals surface area contributed by atoms with Crippen LogP contribution >= 0.6 is 0 Å². The largest absolute Gasteiger partial charge is 0.435 e. The number of hydrogen-bond acceptors (Lipinski definition) is 5. The van der Waals surface area contributed by atoms with Crippen molar-refractivity contribution in [3.8, 4) is 5.75 Å². The van der Waals surface area contributed by atoms with E-state index in [4.69, 9.17) is 0 Å². The van der Waals surface area contributed by atoms with Crippen LogP contribution in [-0.4, -0.2) is 29.1 Å². The third kappa shape index (κ3) is 5.21. The Morgan fingerprint density at radius 2 is 1.76 bits per heavy atom. The second kappa shape index (κ2) is 8.15. The molecule has 2 aromatic rings. The molecule has 0 aliphatic rings. The number of aliphatic hydroxyl groups excluding tert-OH is 1. The van der Waals surface area contributed by atoms with Crippen molar-refractivity contribution in [2.75, 3.05) is 6.54 Å². The van der Waals surface area contributed by atoms with E-state index >= 15 is 0 Å². The number of aliphatic hydroxyl groups is 1. The van der Waals surface area contributed by atoms with E-state index < -0.39 is 23.5 Å². The van der Waals surface area contributed by atoms with Gasteiger partial charge in [-0.05, 0) is 42.0 Å². The van der Waals surface area contributed by atoms with Crippen molar-refractivity contribution in [2.24, 2.45) is 0 Å². The molecule has 0 bridgehead atoms. The van der Waals surface area contributed by atoms with E-state index in [9.17, 15) is 28.8 Å². The molecule has 9 heteroatoms. The number of rotatable bonds is 7. The summed E-state index contributed by atoms with van der Waals surface area (Å²) in [7, 11) is 0. The summed E-state index contributed by atoms with van der Waals surface area (Å²) in [5.41, 5.74) is 0.509. The number of hydrogen-bond donors (Lipinski definition) is 2. The molecule has 25 heavy (non-hydrogen) atoms. The van der Waals surface area contributed by atoms with Crippen molar-refractivity contribution in [3.05, 3.63) is 69.8 Å². The summed E-state index contributed by atoms with van der Waals surface area (Å²) in [5.74, 6) is -0.581. The van der Waals surface area contributed by atoms with Crippen molar-refractivity contribution in [1.82, 2.24) is 5.32 Å². The van der Waals surface area contributed by atoms with E-state index in [0.29, 0.717) is 5.56 Å². The van der Waals surface area contributed by atoms with Gasteiger partial charge in [-0.3, -0.25) is 14.9 Å². The van der Waals surface area contributed by atoms with Gasteiger partial charge in [-0.15, -0.1) is 0 Å². The summed E-state index contributed by atoms with van der Waals surface area (Å²) in [6.45, 7) is -3.07. The first-order valence-corrected chi connectivity index (χ1v) is 7.12. The number of nitrogens with one attached hydrogen (secondary N) is 1. The van der Waals surface area contributed by atoms with E-state index in [-0.39, 0.29) is 23.5 Å². The lowest BCUT2D eigenvalue weighted by molar-refractivity contribution is -0.384. The molecule has 0 spiro atoms. The Hall–Kier alpha value is -3.07. The molecule has 2 N–H and O–H groups in total. The molecule has 0 aromatic heterocycles. The summed E-state index contributed by atoms with van der Waals surface area (Å²) in [6.07, 6.45) is -1.05. The molecule has 0 unspecified atom stereocenters. The highest BCUT2D eigenvalue weighted by atomic mass is 19.3. The fourth-order valence-electron chi connectivity index (χ4n) is 2.02. The van der Waals surface area contributed by atoms with Crippen LogP contribution in [0.1, 0.15) is 22.0 Å². The predicted octanol–water partition coefficient (Wildman–Crippen LogP) is 2.66. The number of nitrogens with zero attached hydrogens (tertiary/aromatic N) is 1. The van der Waals surface area contributed by atoms with Crippen LogP contribution in [0.2, 0.25) is 0 Å². The smallest absolute Gasteiger partial charge is 0.387 e. The zero-order chi connectivity index (χ0) is 18.4. The Morgan fingerprint density at radius 3 is 2.28 bits per heavy atom. The van der Waals surface area contributed by atoms with Crippen LogP contribution in [0.3, 0.4) is 0 Å². The van der Waals surface area contributed by atoms with Gasteiger partial charge in [-0.25, -0.2) is 0 Å². The minimum atomic E-state index is -2.95. The number of halogens is 2. The van der Waals surface area contributed by atoms with Gasteiger partial charge in [0, 0.05) is 24.2 Å². The van der Waals surface area contributed by atoms with E-state index in [1.54, 1.807) is 0 Å². The first-order chi connectivity index (χ1) is 11.9. The molecule has 7 nitrogen and oxygen atoms in total. The molecule has 0 saturated heterocycles. The Morgan fingerprint density at radius 1 is 1.16 bits per heavy atom. The third-order valence-corrected chi connectivity index (χ3v) is 3.29. The normalized spacial score (nSPS) is 11.8. The summed E-state index contributed by atoms with van der Waals surface area (Å²) in [6, 6.07) is 10.4. The summed E-state index contributed by atoms with van der Waals surface area (Å²) < 4.78 is 28.3. The predicted molar refractivity (Wildman–Crippen MR) is 83.5 cm³/mol. The first kappa shape index (κ1) is 18.3. The van der Waals surface area contributed by atoms with Gasteiger partial charge in [0.25, 0.3) is 11.6 Å². The minimum absolute atomic E-state index is 0.0718. The highest BCUT2D eigenvalue weighted by molar-refractivity contribution is 5.94. The number of alkyl halides is 2. The Labute approximate surface area is 141 Å². The zero-order valence-electron chi connectivity index (χ0n) is 12.8. The number of non-ortho nitro benzene ring substituents is 1. The number of carbonyl (C=O) groups excluding carboxylic acids is 1. The van der Waals surface area contributed by atoms with E-state index in [1.165, 1.54) is 48.5 Å². The molecule has 2 aromatic carbocycles. The standard InChI is InChI=1S/C16H14F2N2O5/c17-16(18)25-13-7-3-11(4-8-13)15(22)19-9-14(21)10-1-5-12(6-2-10)20(23)24/h1-8,14,16,21H,9H2,(H,19,22)/t14-/m1/s1.